The molecular weight excluding hydrogens is 433 g/mol. The van der Waals surface area contributed by atoms with Crippen molar-refractivity contribution in [3.8, 4) is 0 Å². The lowest BCUT2D eigenvalue weighted by Crippen LogP contribution is -2.35. The number of carboxylic acid groups (broad SMARTS) is 1. The van der Waals surface area contributed by atoms with Crippen LogP contribution in [-0.2, 0) is 14.8 Å². The third-order valence-electron chi connectivity index (χ3n) is 2.56. The Labute approximate surface area is 162 Å². The number of carbonyl (C=O) groups is 1. The summed E-state index contributed by atoms with van der Waals surface area (Å²) in [6.45, 7) is 0. The van der Waals surface area contributed by atoms with Crippen LogP contribution in [0.2, 0.25) is 0 Å². The molecule has 0 bridgehead atoms. The Balaban J connectivity index is 0.000000412. The second-order valence-electron chi connectivity index (χ2n) is 4.43. The summed E-state index contributed by atoms with van der Waals surface area (Å²) in [5.41, 5.74) is 0.241. The second kappa shape index (κ2) is 8.99. The molecule has 0 saturated heterocycles. The molecule has 2 rings (SSSR count). The number of carboxylic acids is 1. The van der Waals surface area contributed by atoms with Gasteiger partial charge in [0.25, 0.3) is 15.7 Å². The molecule has 0 spiro atoms. The van der Waals surface area contributed by atoms with E-state index in [1.165, 1.54) is 12.1 Å². The number of benzene rings is 1. The molecule has 0 aliphatic heterocycles. The Morgan fingerprint density at radius 3 is 1.92 bits per heavy atom. The molecule has 2 N–H and O–H groups in total. The topological polar surface area (TPSA) is 144 Å². The molecule has 140 valence electrons. The van der Waals surface area contributed by atoms with E-state index >= 15 is 0 Å². The number of nitrogens with one attached hydrogen (secondary N) is 2. The molecule has 1 aromatic carbocycles. The highest BCUT2D eigenvalue weighted by atomic mass is 35.6. The maximum atomic E-state index is 12.0. The first-order valence-electron chi connectivity index (χ1n) is 6.45. The van der Waals surface area contributed by atoms with E-state index in [0.29, 0.717) is 5.69 Å². The van der Waals surface area contributed by atoms with E-state index in [4.69, 9.17) is 34.8 Å². The van der Waals surface area contributed by atoms with E-state index < -0.39 is 24.7 Å². The standard InChI is InChI=1S/C11H9N3O4S.C2HCl3O2/c15-14(16)10-1-3-11(4-2-10)19(17,18)13-9-5-7-12-8-6-9;3-2(4,5)1(6)7/h1-8H,(H,12,13);(H,6,7). The summed E-state index contributed by atoms with van der Waals surface area (Å²) in [7, 11) is -3.74. The molecule has 0 fully saturated rings. The Morgan fingerprint density at radius 2 is 1.54 bits per heavy atom. The molecule has 0 amide bonds. The Morgan fingerprint density at radius 1 is 1.08 bits per heavy atom. The minimum absolute atomic E-state index is 0.0362. The number of nitro groups is 1. The van der Waals surface area contributed by atoms with Gasteiger partial charge in [0, 0.05) is 24.3 Å². The zero-order valence-corrected chi connectivity index (χ0v) is 15.6. The molecule has 26 heavy (non-hydrogen) atoms. The van der Waals surface area contributed by atoms with Crippen LogP contribution in [0, 0.1) is 10.1 Å². The van der Waals surface area contributed by atoms with Gasteiger partial charge in [0.05, 0.1) is 21.5 Å². The normalized spacial score (nSPS) is 11.0. The van der Waals surface area contributed by atoms with Crippen LogP contribution in [0.15, 0.2) is 53.7 Å². The molecule has 9 nitrogen and oxygen atoms in total. The average molecular weight is 443 g/mol. The summed E-state index contributed by atoms with van der Waals surface area (Å²) < 4.78 is 24.1. The fourth-order valence-electron chi connectivity index (χ4n) is 1.42. The number of non-ortho nitro benzene ring substituents is 1. The molecule has 1 aromatic heterocycles. The summed E-state index contributed by atoms with van der Waals surface area (Å²) in [5.74, 6) is -1.71. The van der Waals surface area contributed by atoms with Crippen LogP contribution in [0.4, 0.5) is 11.4 Å². The highest BCUT2D eigenvalue weighted by Gasteiger charge is 2.20. The zero-order chi connectivity index (χ0) is 20.0. The molecule has 0 atom stereocenters. The monoisotopic (exact) mass is 441 g/mol. The van der Waals surface area contributed by atoms with Crippen molar-refractivity contribution in [2.24, 2.45) is 0 Å². The lowest BCUT2D eigenvalue weighted by molar-refractivity contribution is -0.384. The highest BCUT2D eigenvalue weighted by Crippen LogP contribution is 2.24. The predicted molar refractivity (Wildman–Crippen MR) is 92.2 cm³/mol. The van der Waals surface area contributed by atoms with Crippen LogP contribution in [0.3, 0.4) is 0 Å². The summed E-state index contributed by atoms with van der Waals surface area (Å²) >= 11 is 14.2. The number of rotatable bonds is 4. The van der Waals surface area contributed by atoms with Crippen molar-refractivity contribution >= 4 is 62.2 Å². The average Bonchev–Trinajstić information content (AvgIpc) is 2.55. The molecule has 13 heteroatoms. The van der Waals surface area contributed by atoms with E-state index in [1.54, 1.807) is 24.5 Å². The van der Waals surface area contributed by atoms with Crippen molar-refractivity contribution in [1.82, 2.24) is 0 Å². The number of anilines is 1. The van der Waals surface area contributed by atoms with E-state index in [0.717, 1.165) is 12.1 Å². The number of nitro benzene ring substituents is 1. The third-order valence-corrected chi connectivity index (χ3v) is 4.42. The van der Waals surface area contributed by atoms with Crippen molar-refractivity contribution in [2.45, 2.75) is 8.69 Å². The van der Waals surface area contributed by atoms with Gasteiger partial charge in [0.1, 0.15) is 0 Å². The molecule has 1 heterocycles. The van der Waals surface area contributed by atoms with Crippen LogP contribution < -0.4 is 14.8 Å². The van der Waals surface area contributed by atoms with E-state index in [-0.39, 0.29) is 10.6 Å². The Bertz CT molecular complexity index is 870. The molecule has 0 radical (unpaired) electrons. The minimum Gasteiger partial charge on any atom is -0.545 e. The van der Waals surface area contributed by atoms with E-state index in [9.17, 15) is 28.4 Å². The minimum atomic E-state index is -3.74. The van der Waals surface area contributed by atoms with Crippen LogP contribution in [0.25, 0.3) is 0 Å². The Hall–Kier alpha value is -2.14. The number of halogens is 3. The zero-order valence-electron chi connectivity index (χ0n) is 12.6. The van der Waals surface area contributed by atoms with Crippen LogP contribution in [0.1, 0.15) is 0 Å². The van der Waals surface area contributed by atoms with Crippen molar-refractivity contribution in [1.29, 1.82) is 0 Å². The second-order valence-corrected chi connectivity index (χ2v) is 8.39. The van der Waals surface area contributed by atoms with Gasteiger partial charge in [-0.1, -0.05) is 34.8 Å². The first kappa shape index (κ1) is 21.9. The first-order chi connectivity index (χ1) is 11.9. The number of pyridine rings is 1. The van der Waals surface area contributed by atoms with Gasteiger partial charge < -0.3 is 9.90 Å². The smallest absolute Gasteiger partial charge is 0.269 e. The number of sulfonamides is 1. The lowest BCUT2D eigenvalue weighted by Gasteiger charge is -2.09. The fraction of sp³-hybridized carbons (Fsp3) is 0.0769. The van der Waals surface area contributed by atoms with Gasteiger partial charge in [-0.3, -0.25) is 14.8 Å². The number of aromatic nitrogens is 1. The maximum absolute atomic E-state index is 12.0. The lowest BCUT2D eigenvalue weighted by atomic mass is 10.3. The summed E-state index contributed by atoms with van der Waals surface area (Å²) in [6.07, 6.45) is 3.15. The van der Waals surface area contributed by atoms with Gasteiger partial charge in [-0.25, -0.2) is 13.4 Å². The third kappa shape index (κ3) is 7.00. The van der Waals surface area contributed by atoms with E-state index in [2.05, 4.69) is 9.71 Å². The van der Waals surface area contributed by atoms with Crippen LogP contribution in [-0.4, -0.2) is 23.1 Å². The van der Waals surface area contributed by atoms with Gasteiger partial charge >= 0.3 is 0 Å². The number of nitrogens with zero attached hydrogens (tertiary/aromatic N) is 1. The van der Waals surface area contributed by atoms with Gasteiger partial charge in [-0.15, -0.1) is 0 Å². The molecular formula is C13H10Cl3N3O6S. The van der Waals surface area contributed by atoms with Crippen LogP contribution >= 0.6 is 34.8 Å². The number of H-pyrrole nitrogens is 1. The number of aliphatic carboxylic acids is 1. The molecule has 0 aliphatic carbocycles. The van der Waals surface area contributed by atoms with Crippen molar-refractivity contribution in [2.75, 3.05) is 4.72 Å². The molecule has 2 aromatic rings. The largest absolute Gasteiger partial charge is 0.545 e. The number of carbonyl (C=O) groups excluding carboxylic acids is 1. The summed E-state index contributed by atoms with van der Waals surface area (Å²) in [4.78, 5) is 22.1. The highest BCUT2D eigenvalue weighted by molar-refractivity contribution is 7.92. The van der Waals surface area contributed by atoms with Crippen molar-refractivity contribution in [3.05, 3.63) is 58.9 Å². The maximum Gasteiger partial charge on any atom is 0.269 e. The quantitative estimate of drug-likeness (QED) is 0.429. The van der Waals surface area contributed by atoms with Gasteiger partial charge in [0.15, 0.2) is 12.4 Å². The SMILES string of the molecule is O=C([O-])C(Cl)(Cl)Cl.O=[N+]([O-])c1ccc(S(=O)(=O)Nc2cc[nH+]cc2)cc1. The number of hydrogen-bond donors (Lipinski definition) is 1. The summed E-state index contributed by atoms with van der Waals surface area (Å²) in [5, 5.41) is 20.0. The number of aromatic amines is 1. The molecule has 0 aliphatic rings. The first-order valence-corrected chi connectivity index (χ1v) is 9.07. The molecule has 0 unspecified atom stereocenters. The fourth-order valence-corrected chi connectivity index (χ4v) is 2.47. The number of alkyl halides is 3. The molecule has 0 saturated carbocycles. The number of hydrogen-bond acceptors (Lipinski definition) is 6. The summed E-state index contributed by atoms with van der Waals surface area (Å²) in [6, 6.07) is 7.79. The van der Waals surface area contributed by atoms with Crippen LogP contribution in [0.5, 0.6) is 0 Å². The van der Waals surface area contributed by atoms with Gasteiger partial charge in [0.2, 0.25) is 3.79 Å². The van der Waals surface area contributed by atoms with Gasteiger partial charge in [-0.05, 0) is 12.1 Å². The Kier molecular flexibility index (Phi) is 7.57. The van der Waals surface area contributed by atoms with Crippen molar-refractivity contribution < 1.29 is 28.2 Å². The van der Waals surface area contributed by atoms with Crippen molar-refractivity contribution in [3.63, 3.8) is 0 Å². The van der Waals surface area contributed by atoms with Gasteiger partial charge in [-0.2, -0.15) is 0 Å². The van der Waals surface area contributed by atoms with E-state index in [1.807, 2.05) is 0 Å². The predicted octanol–water partition coefficient (Wildman–Crippen LogP) is 1.32.